The molecule has 7 heteroatoms. The zero-order valence-electron chi connectivity index (χ0n) is 11.2. The molecule has 20 heavy (non-hydrogen) atoms. The molecule has 106 valence electrons. The number of amides is 1. The number of aryl methyl sites for hydroxylation is 1. The number of hydrogen-bond donors (Lipinski definition) is 3. The Labute approximate surface area is 116 Å². The van der Waals surface area contributed by atoms with Crippen molar-refractivity contribution in [3.05, 3.63) is 35.9 Å². The maximum atomic E-state index is 11.7. The van der Waals surface area contributed by atoms with Gasteiger partial charge in [-0.3, -0.25) is 9.89 Å². The second kappa shape index (κ2) is 6.55. The molecule has 2 rings (SSSR count). The molecule has 0 saturated heterocycles. The fourth-order valence-corrected chi connectivity index (χ4v) is 1.53. The molecule has 0 radical (unpaired) electrons. The van der Waals surface area contributed by atoms with E-state index >= 15 is 0 Å². The molecule has 0 spiro atoms. The monoisotopic (exact) mass is 275 g/mol. The number of hydrogen-bond acceptors (Lipinski definition) is 5. The van der Waals surface area contributed by atoms with Gasteiger partial charge >= 0.3 is 0 Å². The van der Waals surface area contributed by atoms with Gasteiger partial charge < -0.3 is 15.8 Å². The van der Waals surface area contributed by atoms with Crippen LogP contribution >= 0.6 is 0 Å². The summed E-state index contributed by atoms with van der Waals surface area (Å²) < 4.78 is 5.45. The van der Waals surface area contributed by atoms with E-state index in [2.05, 4.69) is 20.5 Å². The molecule has 1 aromatic carbocycles. The molecule has 0 atom stereocenters. The molecule has 1 amide bonds. The van der Waals surface area contributed by atoms with Crippen molar-refractivity contribution in [2.45, 2.75) is 13.3 Å². The summed E-state index contributed by atoms with van der Waals surface area (Å²) in [5, 5.41) is 9.21. The summed E-state index contributed by atoms with van der Waals surface area (Å²) in [5.41, 5.74) is 6.25. The normalized spacial score (nSPS) is 10.2. The van der Waals surface area contributed by atoms with Gasteiger partial charge in [0.15, 0.2) is 0 Å². The molecule has 2 aromatic rings. The molecule has 0 fully saturated rings. The number of rotatable bonds is 6. The summed E-state index contributed by atoms with van der Waals surface area (Å²) in [6.07, 6.45) is 0.709. The van der Waals surface area contributed by atoms with E-state index < -0.39 is 0 Å². The fraction of sp³-hybridized carbons (Fsp3) is 0.308. The minimum atomic E-state index is -0.318. The first-order valence-electron chi connectivity index (χ1n) is 6.37. The number of anilines is 1. The first kappa shape index (κ1) is 13.9. The van der Waals surface area contributed by atoms with Crippen LogP contribution in [0.25, 0.3) is 0 Å². The zero-order valence-corrected chi connectivity index (χ0v) is 11.2. The Bertz CT molecular complexity index is 564. The van der Waals surface area contributed by atoms with Crippen molar-refractivity contribution in [3.8, 4) is 5.75 Å². The van der Waals surface area contributed by atoms with Gasteiger partial charge in [0.2, 0.25) is 5.82 Å². The zero-order chi connectivity index (χ0) is 14.4. The van der Waals surface area contributed by atoms with Gasteiger partial charge in [0.05, 0.1) is 6.54 Å². The topological polar surface area (TPSA) is 106 Å². The number of nitrogen functional groups attached to an aromatic ring is 1. The van der Waals surface area contributed by atoms with Crippen LogP contribution in [0.15, 0.2) is 24.3 Å². The lowest BCUT2D eigenvalue weighted by molar-refractivity contribution is 0.0937. The highest BCUT2D eigenvalue weighted by atomic mass is 16.5. The Morgan fingerprint density at radius 1 is 1.40 bits per heavy atom. The minimum absolute atomic E-state index is 0.148. The number of carbonyl (C=O) groups excluding carboxylic acids is 1. The first-order chi connectivity index (χ1) is 9.69. The molecule has 7 nitrogen and oxygen atoms in total. The summed E-state index contributed by atoms with van der Waals surface area (Å²) >= 11 is 0. The molecular formula is C13H17N5O2. The van der Waals surface area contributed by atoms with Gasteiger partial charge in [0.25, 0.3) is 5.91 Å². The van der Waals surface area contributed by atoms with E-state index in [4.69, 9.17) is 10.5 Å². The molecule has 0 saturated carbocycles. The average molecular weight is 275 g/mol. The molecule has 0 unspecified atom stereocenters. The Balaban J connectivity index is 1.72. The van der Waals surface area contributed by atoms with Crippen molar-refractivity contribution in [1.29, 1.82) is 0 Å². The predicted octanol–water partition coefficient (Wildman–Crippen LogP) is 0.758. The predicted molar refractivity (Wildman–Crippen MR) is 74.4 cm³/mol. The third-order valence-corrected chi connectivity index (χ3v) is 2.61. The van der Waals surface area contributed by atoms with Gasteiger partial charge in [0.1, 0.15) is 18.2 Å². The summed E-state index contributed by atoms with van der Waals surface area (Å²) in [6.45, 7) is 2.67. The fourth-order valence-electron chi connectivity index (χ4n) is 1.53. The Hall–Kier alpha value is -2.57. The van der Waals surface area contributed by atoms with E-state index in [1.165, 1.54) is 0 Å². The lowest BCUT2D eigenvalue weighted by atomic mass is 10.3. The Kier molecular flexibility index (Phi) is 4.54. The van der Waals surface area contributed by atoms with Crippen LogP contribution in [0.1, 0.15) is 23.4 Å². The molecular weight excluding hydrogens is 258 g/mol. The summed E-state index contributed by atoms with van der Waals surface area (Å²) in [6, 6.07) is 7.07. The summed E-state index contributed by atoms with van der Waals surface area (Å²) in [7, 11) is 0. The van der Waals surface area contributed by atoms with Gasteiger partial charge in [-0.15, -0.1) is 5.10 Å². The summed E-state index contributed by atoms with van der Waals surface area (Å²) in [4.78, 5) is 15.7. The van der Waals surface area contributed by atoms with E-state index in [9.17, 15) is 4.79 Å². The van der Waals surface area contributed by atoms with Crippen molar-refractivity contribution in [2.75, 3.05) is 18.9 Å². The SMILES string of the molecule is CCc1nc(C(=O)NCCOc2ccc(N)cc2)n[nH]1. The Morgan fingerprint density at radius 2 is 2.15 bits per heavy atom. The van der Waals surface area contributed by atoms with Crippen molar-refractivity contribution >= 4 is 11.6 Å². The van der Waals surface area contributed by atoms with Crippen molar-refractivity contribution in [3.63, 3.8) is 0 Å². The van der Waals surface area contributed by atoms with Crippen LogP contribution in [0, 0.1) is 0 Å². The average Bonchev–Trinajstić information content (AvgIpc) is 2.94. The molecule has 0 aliphatic carbocycles. The standard InChI is InChI=1S/C13H17N5O2/c1-2-11-16-12(18-17-11)13(19)15-7-8-20-10-5-3-9(14)4-6-10/h3-6H,2,7-8,14H2,1H3,(H,15,19)(H,16,17,18). The second-order valence-electron chi connectivity index (χ2n) is 4.13. The van der Waals surface area contributed by atoms with Crippen LogP contribution in [0.2, 0.25) is 0 Å². The summed E-state index contributed by atoms with van der Waals surface area (Å²) in [5.74, 6) is 1.23. The lowest BCUT2D eigenvalue weighted by Gasteiger charge is -2.06. The number of nitrogens with two attached hydrogens (primary N) is 1. The second-order valence-corrected chi connectivity index (χ2v) is 4.13. The van der Waals surface area contributed by atoms with Crippen molar-refractivity contribution in [1.82, 2.24) is 20.5 Å². The number of H-pyrrole nitrogens is 1. The van der Waals surface area contributed by atoms with E-state index in [0.29, 0.717) is 36.8 Å². The maximum Gasteiger partial charge on any atom is 0.291 e. The van der Waals surface area contributed by atoms with Crippen LogP contribution in [-0.2, 0) is 6.42 Å². The third-order valence-electron chi connectivity index (χ3n) is 2.61. The highest BCUT2D eigenvalue weighted by Crippen LogP contribution is 2.12. The van der Waals surface area contributed by atoms with Gasteiger partial charge in [-0.1, -0.05) is 6.92 Å². The molecule has 0 aliphatic rings. The molecule has 4 N–H and O–H groups in total. The number of nitrogens with zero attached hydrogens (tertiary/aromatic N) is 2. The minimum Gasteiger partial charge on any atom is -0.492 e. The smallest absolute Gasteiger partial charge is 0.291 e. The Morgan fingerprint density at radius 3 is 2.80 bits per heavy atom. The number of benzene rings is 1. The van der Waals surface area contributed by atoms with Gasteiger partial charge in [-0.2, -0.15) is 0 Å². The molecule has 1 aromatic heterocycles. The largest absolute Gasteiger partial charge is 0.492 e. The van der Waals surface area contributed by atoms with Gasteiger partial charge in [0, 0.05) is 12.1 Å². The van der Waals surface area contributed by atoms with Gasteiger partial charge in [-0.25, -0.2) is 4.98 Å². The van der Waals surface area contributed by atoms with Crippen LogP contribution in [-0.4, -0.2) is 34.2 Å². The van der Waals surface area contributed by atoms with Crippen LogP contribution in [0.4, 0.5) is 5.69 Å². The highest BCUT2D eigenvalue weighted by molar-refractivity contribution is 5.90. The molecule has 1 heterocycles. The quantitative estimate of drug-likeness (QED) is 0.533. The van der Waals surface area contributed by atoms with E-state index in [1.807, 2.05) is 6.92 Å². The van der Waals surface area contributed by atoms with E-state index in [0.717, 1.165) is 0 Å². The van der Waals surface area contributed by atoms with Crippen molar-refractivity contribution < 1.29 is 9.53 Å². The van der Waals surface area contributed by atoms with Gasteiger partial charge in [-0.05, 0) is 24.3 Å². The van der Waals surface area contributed by atoms with Crippen LogP contribution in [0.3, 0.4) is 0 Å². The number of aromatic nitrogens is 3. The third kappa shape index (κ3) is 3.71. The number of carbonyl (C=O) groups is 1. The van der Waals surface area contributed by atoms with E-state index in [-0.39, 0.29) is 11.7 Å². The van der Waals surface area contributed by atoms with E-state index in [1.54, 1.807) is 24.3 Å². The number of ether oxygens (including phenoxy) is 1. The van der Waals surface area contributed by atoms with Crippen molar-refractivity contribution in [2.24, 2.45) is 0 Å². The number of aromatic amines is 1. The maximum absolute atomic E-state index is 11.7. The molecule has 0 aliphatic heterocycles. The van der Waals surface area contributed by atoms with Crippen LogP contribution < -0.4 is 15.8 Å². The number of nitrogens with one attached hydrogen (secondary N) is 2. The first-order valence-corrected chi connectivity index (χ1v) is 6.37. The lowest BCUT2D eigenvalue weighted by Crippen LogP contribution is -2.29. The van der Waals surface area contributed by atoms with Crippen LogP contribution in [0.5, 0.6) is 5.75 Å². The highest BCUT2D eigenvalue weighted by Gasteiger charge is 2.10. The molecule has 0 bridgehead atoms.